The number of benzene rings is 1. The number of phenols is 1. The highest BCUT2D eigenvalue weighted by Crippen LogP contribution is 2.30. The summed E-state index contributed by atoms with van der Waals surface area (Å²) in [5.74, 6) is -1.01. The molecule has 3 heteroatoms. The molecule has 2 N–H and O–H groups in total. The van der Waals surface area contributed by atoms with E-state index in [4.69, 9.17) is 0 Å². The number of unbranched alkanes of at least 4 members (excludes halogenated alkanes) is 28. The number of aromatic hydroxyl groups is 1. The minimum Gasteiger partial charge on any atom is -0.507 e. The van der Waals surface area contributed by atoms with E-state index in [1.54, 1.807) is 6.07 Å². The topological polar surface area (TPSA) is 57.5 Å². The molecule has 0 aromatic heterocycles. The molecule has 0 aliphatic heterocycles. The molecule has 0 saturated carbocycles. The molecule has 0 aliphatic rings. The standard InChI is InChI=1S/C41H74O3/c1-3-5-7-9-11-13-15-17-19-21-23-25-27-29-31-33-37-35-36-39(41(43)44)40(42)38(37)34-32-30-28-26-24-22-20-18-16-14-12-10-8-6-4-2/h35-36,42H,3-34H2,1-2H3,(H,43,44). The first-order valence-corrected chi connectivity index (χ1v) is 19.7. The third-order valence-electron chi connectivity index (χ3n) is 9.69. The van der Waals surface area contributed by atoms with Crippen molar-refractivity contribution >= 4 is 5.97 Å². The maximum absolute atomic E-state index is 11.6. The highest BCUT2D eigenvalue weighted by Gasteiger charge is 2.16. The first kappa shape index (κ1) is 40.5. The van der Waals surface area contributed by atoms with Crippen molar-refractivity contribution in [1.29, 1.82) is 0 Å². The molecule has 256 valence electrons. The van der Waals surface area contributed by atoms with Crippen molar-refractivity contribution in [3.63, 3.8) is 0 Å². The molecular weight excluding hydrogens is 540 g/mol. The largest absolute Gasteiger partial charge is 0.507 e. The molecule has 44 heavy (non-hydrogen) atoms. The molecule has 0 fully saturated rings. The van der Waals surface area contributed by atoms with Crippen LogP contribution in [0.1, 0.15) is 228 Å². The van der Waals surface area contributed by atoms with Crippen molar-refractivity contribution in [2.75, 3.05) is 0 Å². The van der Waals surface area contributed by atoms with Crippen LogP contribution >= 0.6 is 0 Å². The number of aryl methyl sites for hydroxylation is 1. The number of carbonyl (C=O) groups is 1. The Labute approximate surface area is 274 Å². The van der Waals surface area contributed by atoms with Crippen molar-refractivity contribution in [2.45, 2.75) is 219 Å². The lowest BCUT2D eigenvalue weighted by Crippen LogP contribution is -2.03. The van der Waals surface area contributed by atoms with Gasteiger partial charge in [0.05, 0.1) is 0 Å². The molecule has 1 aromatic rings. The number of rotatable bonds is 33. The molecule has 0 amide bonds. The molecule has 1 rings (SSSR count). The molecule has 0 unspecified atom stereocenters. The molecule has 0 radical (unpaired) electrons. The smallest absolute Gasteiger partial charge is 0.339 e. The van der Waals surface area contributed by atoms with Gasteiger partial charge in [0.2, 0.25) is 0 Å². The zero-order valence-corrected chi connectivity index (χ0v) is 29.6. The summed E-state index contributed by atoms with van der Waals surface area (Å²) in [6, 6.07) is 3.57. The van der Waals surface area contributed by atoms with Gasteiger partial charge >= 0.3 is 5.97 Å². The van der Waals surface area contributed by atoms with Crippen LogP contribution in [-0.2, 0) is 12.8 Å². The van der Waals surface area contributed by atoms with Gasteiger partial charge in [-0.25, -0.2) is 4.79 Å². The van der Waals surface area contributed by atoms with Crippen molar-refractivity contribution in [3.8, 4) is 5.75 Å². The van der Waals surface area contributed by atoms with Crippen LogP contribution in [0.25, 0.3) is 0 Å². The van der Waals surface area contributed by atoms with Gasteiger partial charge in [-0.2, -0.15) is 0 Å². The second kappa shape index (κ2) is 30.2. The van der Waals surface area contributed by atoms with E-state index in [1.165, 1.54) is 173 Å². The first-order valence-electron chi connectivity index (χ1n) is 19.7. The lowest BCUT2D eigenvalue weighted by atomic mass is 9.93. The quantitative estimate of drug-likeness (QED) is 0.0774. The average molecular weight is 615 g/mol. The van der Waals surface area contributed by atoms with Crippen LogP contribution in [0.4, 0.5) is 0 Å². The fraction of sp³-hybridized carbons (Fsp3) is 0.829. The number of hydrogen-bond acceptors (Lipinski definition) is 2. The summed E-state index contributed by atoms with van der Waals surface area (Å²) in [4.78, 5) is 11.6. The highest BCUT2D eigenvalue weighted by molar-refractivity contribution is 5.91. The number of aromatic carboxylic acids is 1. The number of carboxylic acids is 1. The van der Waals surface area contributed by atoms with Crippen LogP contribution in [-0.4, -0.2) is 16.2 Å². The average Bonchev–Trinajstić information content (AvgIpc) is 3.01. The van der Waals surface area contributed by atoms with Gasteiger partial charge in [0.25, 0.3) is 0 Å². The Hall–Kier alpha value is -1.51. The Morgan fingerprint density at radius 1 is 0.455 bits per heavy atom. The van der Waals surface area contributed by atoms with E-state index in [1.807, 2.05) is 6.07 Å². The maximum Gasteiger partial charge on any atom is 0.339 e. The predicted octanol–water partition coefficient (Wildman–Crippen LogP) is 13.9. The number of hydrogen-bond donors (Lipinski definition) is 2. The molecule has 1 aromatic carbocycles. The molecular formula is C41H74O3. The van der Waals surface area contributed by atoms with Gasteiger partial charge in [-0.05, 0) is 42.9 Å². The van der Waals surface area contributed by atoms with Crippen LogP contribution in [0.5, 0.6) is 5.75 Å². The normalized spacial score (nSPS) is 11.4. The Balaban J connectivity index is 2.16. The summed E-state index contributed by atoms with van der Waals surface area (Å²) in [5, 5.41) is 20.3. The lowest BCUT2D eigenvalue weighted by molar-refractivity contribution is 0.0693. The van der Waals surface area contributed by atoms with Gasteiger partial charge in [-0.3, -0.25) is 0 Å². The van der Waals surface area contributed by atoms with Gasteiger partial charge in [0.15, 0.2) is 0 Å². The summed E-state index contributed by atoms with van der Waals surface area (Å²) < 4.78 is 0. The molecule has 0 heterocycles. The van der Waals surface area contributed by atoms with E-state index in [0.29, 0.717) is 0 Å². The van der Waals surface area contributed by atoms with Crippen molar-refractivity contribution in [2.24, 2.45) is 0 Å². The SMILES string of the molecule is CCCCCCCCCCCCCCCCCc1ccc(C(=O)O)c(O)c1CCCCCCCCCCCCCCCCC. The third kappa shape index (κ3) is 22.1. The van der Waals surface area contributed by atoms with Crippen LogP contribution in [0.15, 0.2) is 12.1 Å². The summed E-state index contributed by atoms with van der Waals surface area (Å²) in [6.45, 7) is 4.56. The summed E-state index contributed by atoms with van der Waals surface area (Å²) in [6.07, 6.45) is 42.1. The molecule has 0 spiro atoms. The van der Waals surface area contributed by atoms with Gasteiger partial charge in [0.1, 0.15) is 11.3 Å². The minimum absolute atomic E-state index is 0.0151. The molecule has 0 atom stereocenters. The van der Waals surface area contributed by atoms with Gasteiger partial charge < -0.3 is 10.2 Å². The van der Waals surface area contributed by atoms with Crippen LogP contribution in [0, 0.1) is 0 Å². The zero-order chi connectivity index (χ0) is 31.9. The Bertz CT molecular complexity index is 786. The second-order valence-electron chi connectivity index (χ2n) is 13.8. The van der Waals surface area contributed by atoms with Gasteiger partial charge in [0, 0.05) is 0 Å². The van der Waals surface area contributed by atoms with Crippen LogP contribution in [0.2, 0.25) is 0 Å². The second-order valence-corrected chi connectivity index (χ2v) is 13.8. The van der Waals surface area contributed by atoms with E-state index < -0.39 is 5.97 Å². The zero-order valence-electron chi connectivity index (χ0n) is 29.6. The fourth-order valence-electron chi connectivity index (χ4n) is 6.72. The molecule has 0 saturated heterocycles. The Morgan fingerprint density at radius 2 is 0.750 bits per heavy atom. The lowest BCUT2D eigenvalue weighted by Gasteiger charge is -2.14. The van der Waals surface area contributed by atoms with E-state index >= 15 is 0 Å². The number of carboxylic acid groups (broad SMARTS) is 1. The Kier molecular flexibility index (Phi) is 27.8. The maximum atomic E-state index is 11.6. The predicted molar refractivity (Wildman–Crippen MR) is 192 cm³/mol. The van der Waals surface area contributed by atoms with Crippen molar-refractivity contribution in [3.05, 3.63) is 28.8 Å². The molecule has 3 nitrogen and oxygen atoms in total. The summed E-state index contributed by atoms with van der Waals surface area (Å²) in [5.41, 5.74) is 2.11. The van der Waals surface area contributed by atoms with Gasteiger partial charge in [-0.1, -0.05) is 200 Å². The molecule has 0 aliphatic carbocycles. The molecule has 0 bridgehead atoms. The van der Waals surface area contributed by atoms with E-state index in [9.17, 15) is 15.0 Å². The van der Waals surface area contributed by atoms with Gasteiger partial charge in [-0.15, -0.1) is 0 Å². The van der Waals surface area contributed by atoms with E-state index in [-0.39, 0.29) is 11.3 Å². The highest BCUT2D eigenvalue weighted by atomic mass is 16.4. The Morgan fingerprint density at radius 3 is 1.07 bits per heavy atom. The fourth-order valence-corrected chi connectivity index (χ4v) is 6.72. The summed E-state index contributed by atoms with van der Waals surface area (Å²) >= 11 is 0. The van der Waals surface area contributed by atoms with E-state index in [0.717, 1.165) is 43.2 Å². The van der Waals surface area contributed by atoms with E-state index in [2.05, 4.69) is 13.8 Å². The van der Waals surface area contributed by atoms with Crippen LogP contribution < -0.4 is 0 Å². The van der Waals surface area contributed by atoms with Crippen LogP contribution in [0.3, 0.4) is 0 Å². The monoisotopic (exact) mass is 615 g/mol. The minimum atomic E-state index is -1.03. The first-order chi connectivity index (χ1) is 21.6. The van der Waals surface area contributed by atoms with Crippen molar-refractivity contribution < 1.29 is 15.0 Å². The van der Waals surface area contributed by atoms with Crippen molar-refractivity contribution in [1.82, 2.24) is 0 Å². The summed E-state index contributed by atoms with van der Waals surface area (Å²) in [7, 11) is 0. The third-order valence-corrected chi connectivity index (χ3v) is 9.69.